The van der Waals surface area contributed by atoms with Crippen molar-refractivity contribution in [2.75, 3.05) is 33.3 Å². The van der Waals surface area contributed by atoms with Crippen LogP contribution >= 0.6 is 15.9 Å². The van der Waals surface area contributed by atoms with Crippen molar-refractivity contribution in [2.45, 2.75) is 11.3 Å². The van der Waals surface area contributed by atoms with Gasteiger partial charge in [-0.25, -0.2) is 8.42 Å². The summed E-state index contributed by atoms with van der Waals surface area (Å²) in [7, 11) is -1.87. The molecule has 7 heteroatoms. The van der Waals surface area contributed by atoms with Gasteiger partial charge in [-0.3, -0.25) is 0 Å². The van der Waals surface area contributed by atoms with Gasteiger partial charge in [-0.15, -0.1) is 0 Å². The van der Waals surface area contributed by atoms with E-state index in [2.05, 4.69) is 21.2 Å². The summed E-state index contributed by atoms with van der Waals surface area (Å²) in [6.45, 7) is 2.61. The Morgan fingerprint density at radius 3 is 2.79 bits per heavy atom. The lowest BCUT2D eigenvalue weighted by molar-refractivity contribution is 0.411. The van der Waals surface area contributed by atoms with Crippen molar-refractivity contribution < 1.29 is 13.2 Å². The molecule has 0 aromatic heterocycles. The summed E-state index contributed by atoms with van der Waals surface area (Å²) < 4.78 is 32.3. The minimum Gasteiger partial charge on any atom is -0.496 e. The van der Waals surface area contributed by atoms with Gasteiger partial charge in [0, 0.05) is 19.6 Å². The van der Waals surface area contributed by atoms with Gasteiger partial charge < -0.3 is 10.1 Å². The molecule has 1 N–H and O–H groups in total. The maximum atomic E-state index is 12.5. The third-order valence-electron chi connectivity index (χ3n) is 3.06. The molecule has 106 valence electrons. The maximum absolute atomic E-state index is 12.5. The van der Waals surface area contributed by atoms with Crippen LogP contribution in [-0.4, -0.2) is 46.0 Å². The van der Waals surface area contributed by atoms with Gasteiger partial charge in [-0.2, -0.15) is 4.31 Å². The van der Waals surface area contributed by atoms with Crippen molar-refractivity contribution in [2.24, 2.45) is 0 Å². The van der Waals surface area contributed by atoms with E-state index in [0.29, 0.717) is 34.8 Å². The number of nitrogens with one attached hydrogen (secondary N) is 1. The monoisotopic (exact) mass is 348 g/mol. The summed E-state index contributed by atoms with van der Waals surface area (Å²) in [4.78, 5) is 0.294. The second-order valence-corrected chi connectivity index (χ2v) is 7.10. The largest absolute Gasteiger partial charge is 0.496 e. The molecule has 0 atom stereocenters. The third-order valence-corrected chi connectivity index (χ3v) is 5.57. The number of rotatable bonds is 3. The molecule has 0 bridgehead atoms. The zero-order valence-corrected chi connectivity index (χ0v) is 13.1. The Morgan fingerprint density at radius 1 is 1.32 bits per heavy atom. The summed E-state index contributed by atoms with van der Waals surface area (Å²) >= 11 is 3.32. The summed E-state index contributed by atoms with van der Waals surface area (Å²) in [6.07, 6.45) is 0.830. The van der Waals surface area contributed by atoms with Crippen molar-refractivity contribution in [1.82, 2.24) is 9.62 Å². The second kappa shape index (κ2) is 6.21. The summed E-state index contributed by atoms with van der Waals surface area (Å²) in [6, 6.07) is 4.83. The minimum atomic E-state index is -3.43. The van der Waals surface area contributed by atoms with Gasteiger partial charge >= 0.3 is 0 Å². The Balaban J connectivity index is 2.30. The van der Waals surface area contributed by atoms with Crippen LogP contribution in [0.4, 0.5) is 0 Å². The predicted octanol–water partition coefficient (Wildman–Crippen LogP) is 1.44. The van der Waals surface area contributed by atoms with Crippen molar-refractivity contribution in [3.05, 3.63) is 22.7 Å². The molecule has 1 fully saturated rings. The maximum Gasteiger partial charge on any atom is 0.243 e. The summed E-state index contributed by atoms with van der Waals surface area (Å²) in [5, 5.41) is 3.20. The molecule has 0 saturated carbocycles. The molecule has 0 unspecified atom stereocenters. The zero-order valence-electron chi connectivity index (χ0n) is 10.7. The van der Waals surface area contributed by atoms with Crippen LogP contribution in [-0.2, 0) is 10.0 Å². The van der Waals surface area contributed by atoms with Gasteiger partial charge in [0.2, 0.25) is 10.0 Å². The Hall–Kier alpha value is -0.630. The molecule has 0 aliphatic carbocycles. The third kappa shape index (κ3) is 3.28. The normalized spacial score (nSPS) is 18.0. The average molecular weight is 349 g/mol. The van der Waals surface area contributed by atoms with Gasteiger partial charge in [0.1, 0.15) is 5.75 Å². The van der Waals surface area contributed by atoms with Gasteiger partial charge in [0.25, 0.3) is 0 Å². The average Bonchev–Trinajstić information content (AvgIpc) is 2.67. The Kier molecular flexibility index (Phi) is 4.83. The molecule has 1 aliphatic heterocycles. The first-order chi connectivity index (χ1) is 9.05. The molecule has 1 saturated heterocycles. The first kappa shape index (κ1) is 14.8. The number of benzene rings is 1. The van der Waals surface area contributed by atoms with Crippen LogP contribution in [0.5, 0.6) is 5.75 Å². The van der Waals surface area contributed by atoms with Crippen LogP contribution in [0.1, 0.15) is 6.42 Å². The Bertz CT molecular complexity index is 540. The van der Waals surface area contributed by atoms with Gasteiger partial charge in [-0.05, 0) is 47.1 Å². The van der Waals surface area contributed by atoms with E-state index in [1.165, 1.54) is 4.31 Å². The molecule has 1 heterocycles. The highest BCUT2D eigenvalue weighted by molar-refractivity contribution is 9.10. The lowest BCUT2D eigenvalue weighted by Gasteiger charge is -2.20. The first-order valence-corrected chi connectivity index (χ1v) is 8.33. The second-order valence-electron chi connectivity index (χ2n) is 4.30. The molecule has 5 nitrogen and oxygen atoms in total. The van der Waals surface area contributed by atoms with Crippen LogP contribution in [0.25, 0.3) is 0 Å². The predicted molar refractivity (Wildman–Crippen MR) is 76.9 cm³/mol. The van der Waals surface area contributed by atoms with E-state index in [9.17, 15) is 8.42 Å². The highest BCUT2D eigenvalue weighted by Crippen LogP contribution is 2.28. The Labute approximate surface area is 122 Å². The van der Waals surface area contributed by atoms with E-state index >= 15 is 0 Å². The van der Waals surface area contributed by atoms with Crippen LogP contribution in [0, 0.1) is 0 Å². The summed E-state index contributed by atoms with van der Waals surface area (Å²) in [5.41, 5.74) is 0. The number of nitrogens with zero attached hydrogens (tertiary/aromatic N) is 1. The van der Waals surface area contributed by atoms with Crippen LogP contribution in [0.15, 0.2) is 27.6 Å². The van der Waals surface area contributed by atoms with Crippen molar-refractivity contribution in [1.29, 1.82) is 0 Å². The quantitative estimate of drug-likeness (QED) is 0.897. The fourth-order valence-corrected chi connectivity index (χ4v) is 4.22. The van der Waals surface area contributed by atoms with E-state index in [1.54, 1.807) is 25.3 Å². The molecule has 0 radical (unpaired) electrons. The number of halogens is 1. The topological polar surface area (TPSA) is 58.6 Å². The smallest absolute Gasteiger partial charge is 0.243 e. The molecular weight excluding hydrogens is 332 g/mol. The van der Waals surface area contributed by atoms with E-state index in [1.807, 2.05) is 0 Å². The van der Waals surface area contributed by atoms with Crippen molar-refractivity contribution in [3.63, 3.8) is 0 Å². The number of sulfonamides is 1. The number of methoxy groups -OCH3 is 1. The standard InChI is InChI=1S/C12H17BrN2O3S/c1-18-12-4-3-10(9-11(12)13)19(16,17)15-7-2-5-14-6-8-15/h3-4,9,14H,2,5-8H2,1H3. The number of hydrogen-bond acceptors (Lipinski definition) is 4. The van der Waals surface area contributed by atoms with Crippen LogP contribution in [0.2, 0.25) is 0 Å². The lowest BCUT2D eigenvalue weighted by atomic mass is 10.3. The molecule has 1 aromatic carbocycles. The van der Waals surface area contributed by atoms with E-state index in [-0.39, 0.29) is 0 Å². The molecular formula is C12H17BrN2O3S. The molecule has 2 rings (SSSR count). The highest BCUT2D eigenvalue weighted by atomic mass is 79.9. The minimum absolute atomic E-state index is 0.294. The van der Waals surface area contributed by atoms with Gasteiger partial charge in [-0.1, -0.05) is 0 Å². The SMILES string of the molecule is COc1ccc(S(=O)(=O)N2CCCNCC2)cc1Br. The van der Waals surface area contributed by atoms with E-state index in [4.69, 9.17) is 4.74 Å². The molecule has 0 amide bonds. The molecule has 1 aliphatic rings. The van der Waals surface area contributed by atoms with E-state index in [0.717, 1.165) is 13.0 Å². The zero-order chi connectivity index (χ0) is 13.9. The van der Waals surface area contributed by atoms with Gasteiger partial charge in [0.15, 0.2) is 0 Å². The molecule has 1 aromatic rings. The molecule has 19 heavy (non-hydrogen) atoms. The van der Waals surface area contributed by atoms with Crippen molar-refractivity contribution >= 4 is 26.0 Å². The molecule has 0 spiro atoms. The summed E-state index contributed by atoms with van der Waals surface area (Å²) in [5.74, 6) is 0.622. The highest BCUT2D eigenvalue weighted by Gasteiger charge is 2.25. The van der Waals surface area contributed by atoms with Gasteiger partial charge in [0.05, 0.1) is 16.5 Å². The van der Waals surface area contributed by atoms with Crippen LogP contribution < -0.4 is 10.1 Å². The Morgan fingerprint density at radius 2 is 2.11 bits per heavy atom. The number of ether oxygens (including phenoxy) is 1. The first-order valence-electron chi connectivity index (χ1n) is 6.10. The fraction of sp³-hybridized carbons (Fsp3) is 0.500. The fourth-order valence-electron chi connectivity index (χ4n) is 2.02. The lowest BCUT2D eigenvalue weighted by Crippen LogP contribution is -2.34. The van der Waals surface area contributed by atoms with Crippen LogP contribution in [0.3, 0.4) is 0 Å². The van der Waals surface area contributed by atoms with E-state index < -0.39 is 10.0 Å². The van der Waals surface area contributed by atoms with Crippen molar-refractivity contribution in [3.8, 4) is 5.75 Å². The number of hydrogen-bond donors (Lipinski definition) is 1.